The molecule has 196 valence electrons. The number of rotatable bonds is 2. The molecule has 3 aromatic rings. The van der Waals surface area contributed by atoms with Crippen molar-refractivity contribution in [2.75, 3.05) is 0 Å². The summed E-state index contributed by atoms with van der Waals surface area (Å²) in [6, 6.07) is 16.3. The molecule has 38 heavy (non-hydrogen) atoms. The van der Waals surface area contributed by atoms with Crippen molar-refractivity contribution in [3.63, 3.8) is 0 Å². The number of carbonyl (C=O) groups is 3. The molecule has 0 atom stereocenters. The van der Waals surface area contributed by atoms with Crippen molar-refractivity contribution in [3.05, 3.63) is 92.5 Å². The van der Waals surface area contributed by atoms with E-state index in [0.717, 1.165) is 32.3 Å². The first kappa shape index (κ1) is 26.2. The number of halogens is 1. The van der Waals surface area contributed by atoms with Crippen molar-refractivity contribution < 1.29 is 28.6 Å². The lowest BCUT2D eigenvalue weighted by Crippen LogP contribution is -2.35. The lowest BCUT2D eigenvalue weighted by Gasteiger charge is -2.37. The van der Waals surface area contributed by atoms with Crippen LogP contribution in [0, 0.1) is 10.8 Å². The van der Waals surface area contributed by atoms with Crippen molar-refractivity contribution in [1.29, 1.82) is 0 Å². The number of esters is 3. The summed E-state index contributed by atoms with van der Waals surface area (Å²) in [5.41, 5.74) is 1.96. The molecule has 0 aromatic heterocycles. The first-order valence-corrected chi connectivity index (χ1v) is 13.2. The SMILES string of the molecule is CC(C)(C)C(=O)Oc1ccc2c(c1)Cc1cc(OC(=O)C(C)(C)C)ccc1C21OC(=O)c2ccc(Br)cc21. The Bertz CT molecular complexity index is 1430. The average molecular weight is 577 g/mol. The lowest BCUT2D eigenvalue weighted by molar-refractivity contribution is -0.143. The quantitative estimate of drug-likeness (QED) is 0.249. The molecular weight excluding hydrogens is 548 g/mol. The zero-order chi connectivity index (χ0) is 27.6. The Hall–Kier alpha value is -3.45. The summed E-state index contributed by atoms with van der Waals surface area (Å²) >= 11 is 3.55. The molecule has 1 aliphatic carbocycles. The van der Waals surface area contributed by atoms with Crippen molar-refractivity contribution in [2.24, 2.45) is 10.8 Å². The second-order valence-corrected chi connectivity index (χ2v) is 12.8. The van der Waals surface area contributed by atoms with Gasteiger partial charge in [0.2, 0.25) is 0 Å². The van der Waals surface area contributed by atoms with Gasteiger partial charge < -0.3 is 14.2 Å². The topological polar surface area (TPSA) is 78.9 Å². The highest BCUT2D eigenvalue weighted by molar-refractivity contribution is 9.10. The van der Waals surface area contributed by atoms with Gasteiger partial charge in [-0.1, -0.05) is 28.1 Å². The predicted molar refractivity (Wildman–Crippen MR) is 145 cm³/mol. The molecular formula is C31H29BrO6. The maximum atomic E-state index is 13.1. The molecule has 1 aliphatic heterocycles. The smallest absolute Gasteiger partial charge is 0.340 e. The standard InChI is InChI=1S/C31H29BrO6/c1-29(2,3)27(34)36-20-8-11-23-17(14-20)13-18-15-21(37-28(35)30(4,5)6)9-12-24(18)31(23)25-16-19(32)7-10-22(25)26(33)38-31/h7-12,14-16H,13H2,1-6H3. The lowest BCUT2D eigenvalue weighted by atomic mass is 9.71. The van der Waals surface area contributed by atoms with Crippen LogP contribution in [0.25, 0.3) is 0 Å². The summed E-state index contributed by atoms with van der Waals surface area (Å²) in [6.07, 6.45) is 0.467. The van der Waals surface area contributed by atoms with Crippen LogP contribution >= 0.6 is 15.9 Å². The maximum Gasteiger partial charge on any atom is 0.340 e. The molecule has 5 rings (SSSR count). The van der Waals surface area contributed by atoms with Gasteiger partial charge in [-0.3, -0.25) is 9.59 Å². The fraction of sp³-hybridized carbons (Fsp3) is 0.323. The molecule has 0 unspecified atom stereocenters. The highest BCUT2D eigenvalue weighted by Crippen LogP contribution is 2.53. The van der Waals surface area contributed by atoms with Crippen LogP contribution in [0.4, 0.5) is 0 Å². The van der Waals surface area contributed by atoms with E-state index in [1.165, 1.54) is 0 Å². The molecule has 0 N–H and O–H groups in total. The first-order valence-electron chi connectivity index (χ1n) is 12.4. The third kappa shape index (κ3) is 4.33. The fourth-order valence-corrected chi connectivity index (χ4v) is 5.11. The van der Waals surface area contributed by atoms with Gasteiger partial charge in [0, 0.05) is 21.2 Å². The summed E-state index contributed by atoms with van der Waals surface area (Å²) in [7, 11) is 0. The van der Waals surface area contributed by atoms with Crippen LogP contribution in [-0.4, -0.2) is 17.9 Å². The Morgan fingerprint density at radius 1 is 0.763 bits per heavy atom. The van der Waals surface area contributed by atoms with Gasteiger partial charge in [-0.05, 0) is 102 Å². The zero-order valence-corrected chi connectivity index (χ0v) is 23.8. The van der Waals surface area contributed by atoms with E-state index in [0.29, 0.717) is 23.5 Å². The summed E-state index contributed by atoms with van der Waals surface area (Å²) in [5.74, 6) is -0.284. The van der Waals surface area contributed by atoms with E-state index >= 15 is 0 Å². The van der Waals surface area contributed by atoms with E-state index < -0.39 is 22.4 Å². The Kier molecular flexibility index (Phi) is 6.06. The van der Waals surface area contributed by atoms with Gasteiger partial charge >= 0.3 is 17.9 Å². The number of carbonyl (C=O) groups excluding carboxylic acids is 3. The Balaban J connectivity index is 1.68. The molecule has 0 fully saturated rings. The van der Waals surface area contributed by atoms with Gasteiger partial charge in [-0.15, -0.1) is 0 Å². The molecule has 0 bridgehead atoms. The van der Waals surface area contributed by atoms with Gasteiger partial charge in [0.25, 0.3) is 0 Å². The highest BCUT2D eigenvalue weighted by Gasteiger charge is 2.52. The van der Waals surface area contributed by atoms with E-state index in [-0.39, 0.29) is 11.9 Å². The number of benzene rings is 3. The van der Waals surface area contributed by atoms with Gasteiger partial charge in [0.15, 0.2) is 5.60 Å². The average Bonchev–Trinajstić information content (AvgIpc) is 3.09. The van der Waals surface area contributed by atoms with Gasteiger partial charge in [-0.25, -0.2) is 4.79 Å². The number of ether oxygens (including phenoxy) is 3. The van der Waals surface area contributed by atoms with E-state index in [2.05, 4.69) is 15.9 Å². The van der Waals surface area contributed by atoms with Crippen LogP contribution in [0.15, 0.2) is 59.1 Å². The third-order valence-corrected chi connectivity index (χ3v) is 7.26. The van der Waals surface area contributed by atoms with Crippen LogP contribution in [0.2, 0.25) is 0 Å². The van der Waals surface area contributed by atoms with Crippen LogP contribution in [0.5, 0.6) is 11.5 Å². The van der Waals surface area contributed by atoms with Crippen molar-refractivity contribution in [2.45, 2.75) is 53.6 Å². The Labute approximate surface area is 230 Å². The number of hydrogen-bond acceptors (Lipinski definition) is 6. The molecule has 0 saturated heterocycles. The maximum absolute atomic E-state index is 13.1. The first-order chi connectivity index (χ1) is 17.7. The summed E-state index contributed by atoms with van der Waals surface area (Å²) in [6.45, 7) is 10.8. The molecule has 1 spiro atoms. The third-order valence-electron chi connectivity index (χ3n) is 6.77. The molecule has 1 heterocycles. The van der Waals surface area contributed by atoms with Gasteiger partial charge in [0.1, 0.15) is 11.5 Å². The zero-order valence-electron chi connectivity index (χ0n) is 22.2. The minimum Gasteiger partial charge on any atom is -0.441 e. The highest BCUT2D eigenvalue weighted by atomic mass is 79.9. The van der Waals surface area contributed by atoms with Gasteiger partial charge in [-0.2, -0.15) is 0 Å². The monoisotopic (exact) mass is 576 g/mol. The molecule has 2 aliphatic rings. The van der Waals surface area contributed by atoms with Crippen LogP contribution in [-0.2, 0) is 26.3 Å². The van der Waals surface area contributed by atoms with Crippen LogP contribution < -0.4 is 9.47 Å². The van der Waals surface area contributed by atoms with Crippen LogP contribution in [0.1, 0.15) is 79.7 Å². The molecule has 0 saturated carbocycles. The molecule has 3 aromatic carbocycles. The van der Waals surface area contributed by atoms with E-state index in [4.69, 9.17) is 14.2 Å². The minimum absolute atomic E-state index is 0.346. The number of fused-ring (bicyclic) bond motifs is 6. The summed E-state index contributed by atoms with van der Waals surface area (Å²) in [4.78, 5) is 38.3. The molecule has 0 radical (unpaired) electrons. The normalized spacial score (nSPS) is 15.3. The van der Waals surface area contributed by atoms with Crippen molar-refractivity contribution in [1.82, 2.24) is 0 Å². The second kappa shape index (κ2) is 8.80. The molecule has 0 amide bonds. The second-order valence-electron chi connectivity index (χ2n) is 11.9. The van der Waals surface area contributed by atoms with E-state index in [1.807, 2.05) is 36.4 Å². The molecule has 7 heteroatoms. The van der Waals surface area contributed by atoms with Crippen molar-refractivity contribution in [3.8, 4) is 11.5 Å². The van der Waals surface area contributed by atoms with E-state index in [9.17, 15) is 14.4 Å². The molecule has 6 nitrogen and oxygen atoms in total. The van der Waals surface area contributed by atoms with Crippen LogP contribution in [0.3, 0.4) is 0 Å². The number of hydrogen-bond donors (Lipinski definition) is 0. The fourth-order valence-electron chi connectivity index (χ4n) is 4.75. The Morgan fingerprint density at radius 3 is 1.74 bits per heavy atom. The van der Waals surface area contributed by atoms with Crippen molar-refractivity contribution >= 4 is 33.8 Å². The summed E-state index contributed by atoms with van der Waals surface area (Å²) in [5, 5.41) is 0. The summed E-state index contributed by atoms with van der Waals surface area (Å²) < 4.78 is 18.4. The largest absolute Gasteiger partial charge is 0.441 e. The van der Waals surface area contributed by atoms with E-state index in [1.54, 1.807) is 59.7 Å². The minimum atomic E-state index is -1.20. The predicted octanol–water partition coefficient (Wildman–Crippen LogP) is 6.72. The van der Waals surface area contributed by atoms with Gasteiger partial charge in [0.05, 0.1) is 16.4 Å². The Morgan fingerprint density at radius 2 is 1.26 bits per heavy atom.